The van der Waals surface area contributed by atoms with Crippen LogP contribution in [-0.4, -0.2) is 7.98 Å². The predicted molar refractivity (Wildman–Crippen MR) is 54.1 cm³/mol. The van der Waals surface area contributed by atoms with Crippen LogP contribution in [0.5, 0.6) is 0 Å². The minimum absolute atomic E-state index is 0.345. The molecule has 0 amide bonds. The standard InChI is InChI=1S/C9H9BBrN/c10-12-9-4-2-6-1-3-7(11)5-8(6)9/h1,3,5,9,12H,2,4H2/t9-/m1/s1. The molecule has 0 saturated carbocycles. The van der Waals surface area contributed by atoms with Gasteiger partial charge < -0.3 is 5.23 Å². The number of rotatable bonds is 1. The first kappa shape index (κ1) is 8.33. The van der Waals surface area contributed by atoms with E-state index in [0.29, 0.717) is 6.04 Å². The van der Waals surface area contributed by atoms with Crippen molar-refractivity contribution < 1.29 is 0 Å². The topological polar surface area (TPSA) is 12.0 Å². The van der Waals surface area contributed by atoms with Gasteiger partial charge in [-0.05, 0) is 36.1 Å². The zero-order valence-corrected chi connectivity index (χ0v) is 8.26. The van der Waals surface area contributed by atoms with Gasteiger partial charge in [-0.25, -0.2) is 0 Å². The molecule has 1 N–H and O–H groups in total. The molecule has 1 aliphatic carbocycles. The highest BCUT2D eigenvalue weighted by Gasteiger charge is 2.19. The molecule has 0 heterocycles. The summed E-state index contributed by atoms with van der Waals surface area (Å²) < 4.78 is 1.13. The molecule has 2 radical (unpaired) electrons. The van der Waals surface area contributed by atoms with E-state index in [9.17, 15) is 0 Å². The van der Waals surface area contributed by atoms with E-state index in [1.54, 1.807) is 0 Å². The summed E-state index contributed by atoms with van der Waals surface area (Å²) in [6, 6.07) is 6.74. The number of nitrogens with one attached hydrogen (secondary N) is 1. The Morgan fingerprint density at radius 1 is 1.50 bits per heavy atom. The van der Waals surface area contributed by atoms with Crippen molar-refractivity contribution in [1.82, 2.24) is 5.23 Å². The van der Waals surface area contributed by atoms with Crippen LogP contribution in [0.4, 0.5) is 0 Å². The number of fused-ring (bicyclic) bond motifs is 1. The van der Waals surface area contributed by atoms with Crippen molar-refractivity contribution >= 4 is 23.9 Å². The van der Waals surface area contributed by atoms with Crippen LogP contribution in [-0.2, 0) is 6.42 Å². The fourth-order valence-corrected chi connectivity index (χ4v) is 2.13. The molecular weight excluding hydrogens is 213 g/mol. The molecule has 1 aromatic carbocycles. The SMILES string of the molecule is [B]N[C@@H]1CCc2ccc(Br)cc21. The van der Waals surface area contributed by atoms with E-state index in [1.807, 2.05) is 0 Å². The second-order valence-corrected chi connectivity index (χ2v) is 4.02. The molecule has 60 valence electrons. The molecule has 2 rings (SSSR count). The lowest BCUT2D eigenvalue weighted by Crippen LogP contribution is -2.14. The molecule has 1 atom stereocenters. The zero-order chi connectivity index (χ0) is 8.55. The minimum Gasteiger partial charge on any atom is -0.360 e. The molecule has 0 aromatic heterocycles. The summed E-state index contributed by atoms with van der Waals surface area (Å²) in [6.45, 7) is 0. The first-order valence-electron chi connectivity index (χ1n) is 4.05. The summed E-state index contributed by atoms with van der Waals surface area (Å²) in [5, 5.41) is 2.83. The van der Waals surface area contributed by atoms with E-state index >= 15 is 0 Å². The van der Waals surface area contributed by atoms with Gasteiger partial charge >= 0.3 is 0 Å². The van der Waals surface area contributed by atoms with Gasteiger partial charge in [-0.1, -0.05) is 22.0 Å². The molecule has 12 heavy (non-hydrogen) atoms. The van der Waals surface area contributed by atoms with Gasteiger partial charge in [-0.2, -0.15) is 0 Å². The number of hydrogen-bond acceptors (Lipinski definition) is 1. The zero-order valence-electron chi connectivity index (χ0n) is 6.68. The lowest BCUT2D eigenvalue weighted by Gasteiger charge is -2.09. The second kappa shape index (κ2) is 3.23. The summed E-state index contributed by atoms with van der Waals surface area (Å²) >= 11 is 3.45. The van der Waals surface area contributed by atoms with Crippen LogP contribution in [0.3, 0.4) is 0 Å². The van der Waals surface area contributed by atoms with Gasteiger partial charge in [0.1, 0.15) is 0 Å². The number of benzene rings is 1. The molecule has 1 nitrogen and oxygen atoms in total. The van der Waals surface area contributed by atoms with Crippen LogP contribution >= 0.6 is 15.9 Å². The molecule has 0 fully saturated rings. The van der Waals surface area contributed by atoms with Crippen molar-refractivity contribution in [2.45, 2.75) is 18.9 Å². The van der Waals surface area contributed by atoms with Gasteiger partial charge in [0.25, 0.3) is 0 Å². The maximum Gasteiger partial charge on any atom is 0.178 e. The highest BCUT2D eigenvalue weighted by atomic mass is 79.9. The van der Waals surface area contributed by atoms with Crippen LogP contribution < -0.4 is 5.23 Å². The van der Waals surface area contributed by atoms with E-state index < -0.39 is 0 Å². The molecule has 1 aromatic rings. The Labute approximate surface area is 82.1 Å². The van der Waals surface area contributed by atoms with Crippen LogP contribution in [0.2, 0.25) is 0 Å². The normalized spacial score (nSPS) is 20.9. The molecule has 3 heteroatoms. The third kappa shape index (κ3) is 1.32. The summed E-state index contributed by atoms with van der Waals surface area (Å²) in [5.41, 5.74) is 2.76. The fourth-order valence-electron chi connectivity index (χ4n) is 1.75. The Balaban J connectivity index is 2.42. The lowest BCUT2D eigenvalue weighted by atomic mass is 10.1. The quantitative estimate of drug-likeness (QED) is 0.717. The van der Waals surface area contributed by atoms with Crippen LogP contribution in [0, 0.1) is 0 Å². The van der Waals surface area contributed by atoms with Gasteiger partial charge in [-0.3, -0.25) is 0 Å². The highest BCUT2D eigenvalue weighted by molar-refractivity contribution is 9.10. The third-order valence-corrected chi connectivity index (χ3v) is 2.88. The number of aryl methyl sites for hydroxylation is 1. The van der Waals surface area contributed by atoms with E-state index in [1.165, 1.54) is 11.1 Å². The first-order valence-corrected chi connectivity index (χ1v) is 4.85. The van der Waals surface area contributed by atoms with Gasteiger partial charge in [0, 0.05) is 10.5 Å². The average molecular weight is 222 g/mol. The Morgan fingerprint density at radius 2 is 2.33 bits per heavy atom. The molecule has 0 spiro atoms. The first-order chi connectivity index (χ1) is 5.81. The molecule has 0 unspecified atom stereocenters. The minimum atomic E-state index is 0.345. The maximum absolute atomic E-state index is 5.43. The molecule has 0 bridgehead atoms. The predicted octanol–water partition coefficient (Wildman–Crippen LogP) is 2.11. The van der Waals surface area contributed by atoms with Crippen molar-refractivity contribution in [1.29, 1.82) is 0 Å². The Morgan fingerprint density at radius 3 is 3.08 bits per heavy atom. The lowest BCUT2D eigenvalue weighted by molar-refractivity contribution is 0.659. The van der Waals surface area contributed by atoms with Gasteiger partial charge in [0.15, 0.2) is 7.98 Å². The fraction of sp³-hybridized carbons (Fsp3) is 0.333. The second-order valence-electron chi connectivity index (χ2n) is 3.10. The number of hydrogen-bond donors (Lipinski definition) is 1. The number of halogens is 1. The Bertz CT molecular complexity index is 301. The monoisotopic (exact) mass is 221 g/mol. The molecule has 1 aliphatic rings. The molecule has 0 aliphatic heterocycles. The smallest absolute Gasteiger partial charge is 0.178 e. The third-order valence-electron chi connectivity index (χ3n) is 2.39. The summed E-state index contributed by atoms with van der Waals surface area (Å²) in [5.74, 6) is 0. The Hall–Kier alpha value is -0.275. The van der Waals surface area contributed by atoms with Gasteiger partial charge in [0.05, 0.1) is 0 Å². The van der Waals surface area contributed by atoms with E-state index in [-0.39, 0.29) is 0 Å². The van der Waals surface area contributed by atoms with Crippen LogP contribution in [0.15, 0.2) is 22.7 Å². The maximum atomic E-state index is 5.43. The Kier molecular flexibility index (Phi) is 2.24. The largest absolute Gasteiger partial charge is 0.360 e. The van der Waals surface area contributed by atoms with E-state index in [0.717, 1.165) is 17.3 Å². The van der Waals surface area contributed by atoms with Gasteiger partial charge in [0.2, 0.25) is 0 Å². The van der Waals surface area contributed by atoms with Crippen LogP contribution in [0.1, 0.15) is 23.6 Å². The highest BCUT2D eigenvalue weighted by Crippen LogP contribution is 2.32. The van der Waals surface area contributed by atoms with E-state index in [2.05, 4.69) is 39.4 Å². The van der Waals surface area contributed by atoms with Crippen molar-refractivity contribution in [2.75, 3.05) is 0 Å². The van der Waals surface area contributed by atoms with E-state index in [4.69, 9.17) is 7.98 Å². The average Bonchev–Trinajstić information content (AvgIpc) is 2.46. The summed E-state index contributed by atoms with van der Waals surface area (Å²) in [7, 11) is 5.43. The summed E-state index contributed by atoms with van der Waals surface area (Å²) in [6.07, 6.45) is 2.25. The molecule has 0 saturated heterocycles. The van der Waals surface area contributed by atoms with Crippen molar-refractivity contribution in [3.05, 3.63) is 33.8 Å². The van der Waals surface area contributed by atoms with Crippen molar-refractivity contribution in [3.8, 4) is 0 Å². The summed E-state index contributed by atoms with van der Waals surface area (Å²) in [4.78, 5) is 0. The molecular formula is C9H9BBrN. The van der Waals surface area contributed by atoms with Gasteiger partial charge in [-0.15, -0.1) is 0 Å². The van der Waals surface area contributed by atoms with Crippen molar-refractivity contribution in [3.63, 3.8) is 0 Å². The van der Waals surface area contributed by atoms with Crippen LogP contribution in [0.25, 0.3) is 0 Å². The van der Waals surface area contributed by atoms with Crippen molar-refractivity contribution in [2.24, 2.45) is 0 Å².